The minimum absolute atomic E-state index is 0.579. The van der Waals surface area contributed by atoms with E-state index in [1.807, 2.05) is 18.2 Å². The van der Waals surface area contributed by atoms with Gasteiger partial charge in [0.15, 0.2) is 0 Å². The lowest BCUT2D eigenvalue weighted by molar-refractivity contribution is 0.249. The van der Waals surface area contributed by atoms with E-state index in [4.69, 9.17) is 9.94 Å². The van der Waals surface area contributed by atoms with Gasteiger partial charge < -0.3 is 9.94 Å². The first-order chi connectivity index (χ1) is 9.26. The van der Waals surface area contributed by atoms with E-state index in [2.05, 4.69) is 19.0 Å². The molecular weight excluding hydrogens is 238 g/mol. The molecule has 0 amide bonds. The number of oxime groups is 1. The Hall–Kier alpha value is -1.51. The van der Waals surface area contributed by atoms with Gasteiger partial charge in [-0.25, -0.2) is 0 Å². The molecule has 0 bridgehead atoms. The van der Waals surface area contributed by atoms with Gasteiger partial charge in [-0.15, -0.1) is 0 Å². The van der Waals surface area contributed by atoms with Crippen molar-refractivity contribution in [3.8, 4) is 5.75 Å². The lowest BCUT2D eigenvalue weighted by atomic mass is 9.89. The Labute approximate surface area is 115 Å². The van der Waals surface area contributed by atoms with Crippen LogP contribution in [0.3, 0.4) is 0 Å². The fourth-order valence-corrected chi connectivity index (χ4v) is 2.71. The van der Waals surface area contributed by atoms with Gasteiger partial charge in [0, 0.05) is 11.1 Å². The average molecular weight is 261 g/mol. The molecule has 0 saturated heterocycles. The van der Waals surface area contributed by atoms with Gasteiger partial charge in [-0.3, -0.25) is 0 Å². The lowest BCUT2D eigenvalue weighted by Gasteiger charge is -2.21. The van der Waals surface area contributed by atoms with Gasteiger partial charge in [0.1, 0.15) is 5.75 Å². The highest BCUT2D eigenvalue weighted by Gasteiger charge is 2.19. The number of nitrogens with zero attached hydrogens (tertiary/aromatic N) is 1. The molecule has 0 aliphatic heterocycles. The van der Waals surface area contributed by atoms with Crippen molar-refractivity contribution in [3.05, 3.63) is 29.3 Å². The normalized spacial score (nSPS) is 18.1. The van der Waals surface area contributed by atoms with E-state index in [1.165, 1.54) is 18.4 Å². The quantitative estimate of drug-likeness (QED) is 0.642. The molecule has 0 fully saturated rings. The van der Waals surface area contributed by atoms with Crippen molar-refractivity contribution in [2.75, 3.05) is 6.61 Å². The Kier molecular flexibility index (Phi) is 4.83. The standard InChI is InChI=1S/C16H23NO2/c1-3-6-12(2)11-19-16-10-5-7-13-14(16)8-4-9-15(13)17-18/h5,7,10,12,18H,3-4,6,8-9,11H2,1-2H3. The molecule has 0 radical (unpaired) electrons. The van der Waals surface area contributed by atoms with E-state index in [0.717, 1.165) is 42.9 Å². The van der Waals surface area contributed by atoms with Crippen LogP contribution in [0, 0.1) is 5.92 Å². The zero-order valence-electron chi connectivity index (χ0n) is 11.9. The number of benzene rings is 1. The Morgan fingerprint density at radius 3 is 2.95 bits per heavy atom. The van der Waals surface area contributed by atoms with E-state index < -0.39 is 0 Å². The molecule has 3 nitrogen and oxygen atoms in total. The van der Waals surface area contributed by atoms with Gasteiger partial charge in [0.05, 0.1) is 12.3 Å². The minimum atomic E-state index is 0.579. The summed E-state index contributed by atoms with van der Waals surface area (Å²) in [6, 6.07) is 6.03. The lowest BCUT2D eigenvalue weighted by Crippen LogP contribution is -2.15. The third kappa shape index (κ3) is 3.28. The van der Waals surface area contributed by atoms with Crippen LogP contribution in [0.5, 0.6) is 5.75 Å². The maximum atomic E-state index is 9.06. The number of ether oxygens (including phenoxy) is 1. The molecule has 1 aliphatic rings. The van der Waals surface area contributed by atoms with Gasteiger partial charge in [0.25, 0.3) is 0 Å². The van der Waals surface area contributed by atoms with Crippen molar-refractivity contribution in [2.24, 2.45) is 11.1 Å². The highest BCUT2D eigenvalue weighted by Crippen LogP contribution is 2.30. The highest BCUT2D eigenvalue weighted by atomic mass is 16.5. The summed E-state index contributed by atoms with van der Waals surface area (Å²) in [5.74, 6) is 1.54. The summed E-state index contributed by atoms with van der Waals surface area (Å²) in [6.45, 7) is 5.18. The maximum absolute atomic E-state index is 9.06. The van der Waals surface area contributed by atoms with Gasteiger partial charge in [0.2, 0.25) is 0 Å². The fourth-order valence-electron chi connectivity index (χ4n) is 2.71. The second-order valence-corrected chi connectivity index (χ2v) is 5.39. The minimum Gasteiger partial charge on any atom is -0.493 e. The van der Waals surface area contributed by atoms with Crippen LogP contribution in [0.25, 0.3) is 0 Å². The molecule has 3 heteroatoms. The van der Waals surface area contributed by atoms with Crippen LogP contribution in [-0.2, 0) is 6.42 Å². The molecule has 0 spiro atoms. The molecule has 0 aromatic heterocycles. The molecule has 0 saturated carbocycles. The van der Waals surface area contributed by atoms with Crippen molar-refractivity contribution in [2.45, 2.75) is 46.0 Å². The van der Waals surface area contributed by atoms with E-state index in [1.54, 1.807) is 0 Å². The molecule has 1 atom stereocenters. The van der Waals surface area contributed by atoms with Crippen LogP contribution >= 0.6 is 0 Å². The first kappa shape index (κ1) is 13.9. The van der Waals surface area contributed by atoms with Gasteiger partial charge in [-0.05, 0) is 37.7 Å². The third-order valence-electron chi connectivity index (χ3n) is 3.71. The van der Waals surface area contributed by atoms with Gasteiger partial charge >= 0.3 is 0 Å². The van der Waals surface area contributed by atoms with Crippen LogP contribution < -0.4 is 4.74 Å². The number of rotatable bonds is 5. The predicted octanol–water partition coefficient (Wildman–Crippen LogP) is 4.02. The van der Waals surface area contributed by atoms with Gasteiger partial charge in [-0.1, -0.05) is 37.6 Å². The monoisotopic (exact) mass is 261 g/mol. The van der Waals surface area contributed by atoms with Crippen LogP contribution in [0.4, 0.5) is 0 Å². The Morgan fingerprint density at radius 2 is 2.21 bits per heavy atom. The van der Waals surface area contributed by atoms with Crippen molar-refractivity contribution in [3.63, 3.8) is 0 Å². The molecule has 19 heavy (non-hydrogen) atoms. The first-order valence-corrected chi connectivity index (χ1v) is 7.22. The van der Waals surface area contributed by atoms with Crippen molar-refractivity contribution in [1.82, 2.24) is 0 Å². The molecule has 1 N–H and O–H groups in total. The Balaban J connectivity index is 2.14. The summed E-state index contributed by atoms with van der Waals surface area (Å²) in [5.41, 5.74) is 3.04. The van der Waals surface area contributed by atoms with Crippen LogP contribution in [0.1, 0.15) is 50.7 Å². The Morgan fingerprint density at radius 1 is 1.37 bits per heavy atom. The zero-order valence-corrected chi connectivity index (χ0v) is 11.9. The van der Waals surface area contributed by atoms with Crippen molar-refractivity contribution in [1.29, 1.82) is 0 Å². The maximum Gasteiger partial charge on any atom is 0.123 e. The average Bonchev–Trinajstić information content (AvgIpc) is 2.44. The van der Waals surface area contributed by atoms with Crippen molar-refractivity contribution < 1.29 is 9.94 Å². The SMILES string of the molecule is CCCC(C)COc1cccc2c1CCCC2=NO. The topological polar surface area (TPSA) is 41.8 Å². The fraction of sp³-hybridized carbons (Fsp3) is 0.562. The second kappa shape index (κ2) is 6.60. The molecule has 1 unspecified atom stereocenters. The van der Waals surface area contributed by atoms with Crippen LogP contribution in [-0.4, -0.2) is 17.5 Å². The number of fused-ring (bicyclic) bond motifs is 1. The molecule has 2 rings (SSSR count). The third-order valence-corrected chi connectivity index (χ3v) is 3.71. The van der Waals surface area contributed by atoms with E-state index in [-0.39, 0.29) is 0 Å². The summed E-state index contributed by atoms with van der Waals surface area (Å²) >= 11 is 0. The molecule has 0 heterocycles. The molecule has 1 aromatic carbocycles. The zero-order chi connectivity index (χ0) is 13.7. The highest BCUT2D eigenvalue weighted by molar-refractivity contribution is 6.02. The molecule has 104 valence electrons. The van der Waals surface area contributed by atoms with Gasteiger partial charge in [-0.2, -0.15) is 0 Å². The summed E-state index contributed by atoms with van der Waals surface area (Å²) in [5, 5.41) is 12.5. The number of hydrogen-bond acceptors (Lipinski definition) is 3. The van der Waals surface area contributed by atoms with Crippen LogP contribution in [0.2, 0.25) is 0 Å². The van der Waals surface area contributed by atoms with E-state index in [0.29, 0.717) is 5.92 Å². The van der Waals surface area contributed by atoms with E-state index in [9.17, 15) is 0 Å². The predicted molar refractivity (Wildman–Crippen MR) is 77.3 cm³/mol. The largest absolute Gasteiger partial charge is 0.493 e. The summed E-state index contributed by atoms with van der Waals surface area (Å²) in [6.07, 6.45) is 5.26. The van der Waals surface area contributed by atoms with Crippen LogP contribution in [0.15, 0.2) is 23.4 Å². The second-order valence-electron chi connectivity index (χ2n) is 5.39. The molecule has 1 aromatic rings. The van der Waals surface area contributed by atoms with Crippen molar-refractivity contribution >= 4 is 5.71 Å². The first-order valence-electron chi connectivity index (χ1n) is 7.22. The smallest absolute Gasteiger partial charge is 0.123 e. The molecular formula is C16H23NO2. The summed E-state index contributed by atoms with van der Waals surface area (Å²) < 4.78 is 5.97. The summed E-state index contributed by atoms with van der Waals surface area (Å²) in [4.78, 5) is 0. The van der Waals surface area contributed by atoms with E-state index >= 15 is 0 Å². The summed E-state index contributed by atoms with van der Waals surface area (Å²) in [7, 11) is 0. The molecule has 1 aliphatic carbocycles. The number of hydrogen-bond donors (Lipinski definition) is 1. The Bertz CT molecular complexity index is 454.